The lowest BCUT2D eigenvalue weighted by atomic mass is 9.63. The minimum atomic E-state index is -0.905. The van der Waals surface area contributed by atoms with Crippen molar-refractivity contribution < 1.29 is 28.6 Å². The molecule has 1 saturated carbocycles. The van der Waals surface area contributed by atoms with Crippen molar-refractivity contribution in [2.45, 2.75) is 39.5 Å². The van der Waals surface area contributed by atoms with Gasteiger partial charge in [0.2, 0.25) is 0 Å². The Hall–Kier alpha value is -2.96. The van der Waals surface area contributed by atoms with Gasteiger partial charge in [0.05, 0.1) is 32.3 Å². The molecule has 0 radical (unpaired) electrons. The number of esters is 2. The number of allylic oxidation sites excluding steroid dienone is 1. The molecule has 0 spiro atoms. The highest BCUT2D eigenvalue weighted by molar-refractivity contribution is 6.17. The van der Waals surface area contributed by atoms with E-state index in [1.165, 1.54) is 7.11 Å². The Morgan fingerprint density at radius 3 is 2.52 bits per heavy atom. The third-order valence-corrected chi connectivity index (χ3v) is 6.00. The predicted octanol–water partition coefficient (Wildman–Crippen LogP) is 3.47. The van der Waals surface area contributed by atoms with Gasteiger partial charge in [-0.05, 0) is 31.7 Å². The topological polar surface area (TPSA) is 91.3 Å². The van der Waals surface area contributed by atoms with Crippen LogP contribution in [0, 0.1) is 17.8 Å². The first-order valence-corrected chi connectivity index (χ1v) is 10.5. The summed E-state index contributed by atoms with van der Waals surface area (Å²) in [6.07, 6.45) is 1.15. The summed E-state index contributed by atoms with van der Waals surface area (Å²) < 4.78 is 15.9. The number of hydrogen-bond acceptors (Lipinski definition) is 7. The SMILES string of the molecule is CCCOC(=O)C1=C(C)N=C2C[C@@H](C)[C@H](C(=O)OC)C(=O)[C@@H]2[C@H]1c1ccccc1OC. The molecular formula is C24H29NO6. The Morgan fingerprint density at radius 2 is 1.87 bits per heavy atom. The van der Waals surface area contributed by atoms with Gasteiger partial charge < -0.3 is 14.2 Å². The van der Waals surface area contributed by atoms with E-state index in [1.54, 1.807) is 20.1 Å². The van der Waals surface area contributed by atoms with Crippen LogP contribution >= 0.6 is 0 Å². The molecular weight excluding hydrogens is 398 g/mol. The lowest BCUT2D eigenvalue weighted by molar-refractivity contribution is -0.152. The van der Waals surface area contributed by atoms with E-state index in [0.29, 0.717) is 41.1 Å². The first kappa shape index (κ1) is 22.7. The highest BCUT2D eigenvalue weighted by Gasteiger charge is 2.51. The largest absolute Gasteiger partial charge is 0.496 e. The number of ketones is 1. The molecule has 0 amide bonds. The van der Waals surface area contributed by atoms with Gasteiger partial charge in [0.1, 0.15) is 11.7 Å². The number of Topliss-reactive ketones (excluding diaryl/α,β-unsaturated/α-hetero) is 1. The summed E-state index contributed by atoms with van der Waals surface area (Å²) in [5.74, 6) is -3.34. The van der Waals surface area contributed by atoms with Crippen LogP contribution in [0.15, 0.2) is 40.5 Å². The average molecular weight is 427 g/mol. The molecule has 3 rings (SSSR count). The second-order valence-corrected chi connectivity index (χ2v) is 8.02. The summed E-state index contributed by atoms with van der Waals surface area (Å²) in [6.45, 7) is 5.79. The van der Waals surface area contributed by atoms with E-state index in [2.05, 4.69) is 4.99 Å². The van der Waals surface area contributed by atoms with Gasteiger partial charge in [-0.2, -0.15) is 0 Å². The molecule has 1 aromatic carbocycles. The standard InChI is InChI=1S/C24H29NO6/c1-6-11-31-24(28)19-14(3)25-16-12-13(2)18(23(27)30-5)22(26)21(16)20(19)15-9-7-8-10-17(15)29-4/h7-10,13,18,20-21H,6,11-12H2,1-5H3/t13-,18+,20+,21+/m1/s1. The molecule has 0 aromatic heterocycles. The molecule has 1 aliphatic heterocycles. The van der Waals surface area contributed by atoms with Crippen LogP contribution in [0.1, 0.15) is 45.1 Å². The third-order valence-electron chi connectivity index (χ3n) is 6.00. The van der Waals surface area contributed by atoms with Gasteiger partial charge in [0.15, 0.2) is 5.78 Å². The normalized spacial score (nSPS) is 25.5. The number of para-hydroxylation sites is 1. The summed E-state index contributed by atoms with van der Waals surface area (Å²) in [7, 11) is 2.83. The Morgan fingerprint density at radius 1 is 1.16 bits per heavy atom. The fraction of sp³-hybridized carbons (Fsp3) is 0.500. The van der Waals surface area contributed by atoms with E-state index in [-0.39, 0.29) is 18.3 Å². The molecule has 31 heavy (non-hydrogen) atoms. The molecule has 1 aromatic rings. The van der Waals surface area contributed by atoms with Gasteiger partial charge in [-0.25, -0.2) is 4.79 Å². The Kier molecular flexibility index (Phi) is 6.93. The Labute approximate surface area is 182 Å². The Bertz CT molecular complexity index is 947. The van der Waals surface area contributed by atoms with Gasteiger partial charge in [-0.3, -0.25) is 14.6 Å². The molecule has 1 heterocycles. The van der Waals surface area contributed by atoms with Crippen LogP contribution in [0.5, 0.6) is 5.75 Å². The monoisotopic (exact) mass is 427 g/mol. The quantitative estimate of drug-likeness (QED) is 0.510. The number of carbonyl (C=O) groups is 3. The molecule has 7 nitrogen and oxygen atoms in total. The van der Waals surface area contributed by atoms with Crippen LogP contribution in [-0.4, -0.2) is 44.3 Å². The predicted molar refractivity (Wildman–Crippen MR) is 115 cm³/mol. The maximum absolute atomic E-state index is 13.6. The summed E-state index contributed by atoms with van der Waals surface area (Å²) in [4.78, 5) is 43.8. The number of aliphatic imine (C=N–C) groups is 1. The number of rotatable bonds is 6. The fourth-order valence-corrected chi connectivity index (χ4v) is 4.63. The Balaban J connectivity index is 2.19. The van der Waals surface area contributed by atoms with Crippen LogP contribution in [0.3, 0.4) is 0 Å². The fourth-order valence-electron chi connectivity index (χ4n) is 4.63. The minimum Gasteiger partial charge on any atom is -0.496 e. The second kappa shape index (κ2) is 9.45. The summed E-state index contributed by atoms with van der Waals surface area (Å²) >= 11 is 0. The van der Waals surface area contributed by atoms with Crippen molar-refractivity contribution in [2.75, 3.05) is 20.8 Å². The number of carbonyl (C=O) groups excluding carboxylic acids is 3. The lowest BCUT2D eigenvalue weighted by Crippen LogP contribution is -2.48. The summed E-state index contributed by atoms with van der Waals surface area (Å²) in [5.41, 5.74) is 2.23. The highest BCUT2D eigenvalue weighted by Crippen LogP contribution is 2.47. The molecule has 0 bridgehead atoms. The molecule has 2 aliphatic rings. The number of methoxy groups -OCH3 is 2. The smallest absolute Gasteiger partial charge is 0.336 e. The zero-order chi connectivity index (χ0) is 22.7. The van der Waals surface area contributed by atoms with E-state index in [1.807, 2.05) is 32.0 Å². The number of nitrogens with zero attached hydrogens (tertiary/aromatic N) is 1. The maximum Gasteiger partial charge on any atom is 0.336 e. The van der Waals surface area contributed by atoms with Crippen molar-refractivity contribution in [3.05, 3.63) is 41.1 Å². The molecule has 0 saturated heterocycles. The zero-order valence-electron chi connectivity index (χ0n) is 18.6. The first-order chi connectivity index (χ1) is 14.8. The summed E-state index contributed by atoms with van der Waals surface area (Å²) in [5, 5.41) is 0. The van der Waals surface area contributed by atoms with E-state index in [0.717, 1.165) is 0 Å². The van der Waals surface area contributed by atoms with Gasteiger partial charge in [-0.15, -0.1) is 0 Å². The van der Waals surface area contributed by atoms with E-state index in [4.69, 9.17) is 14.2 Å². The molecule has 4 atom stereocenters. The van der Waals surface area contributed by atoms with Crippen LogP contribution in [0.4, 0.5) is 0 Å². The highest BCUT2D eigenvalue weighted by atomic mass is 16.5. The molecule has 0 N–H and O–H groups in total. The van der Waals surface area contributed by atoms with Crippen molar-refractivity contribution in [2.24, 2.45) is 22.7 Å². The van der Waals surface area contributed by atoms with Crippen molar-refractivity contribution in [3.63, 3.8) is 0 Å². The lowest BCUT2D eigenvalue weighted by Gasteiger charge is -2.40. The van der Waals surface area contributed by atoms with E-state index in [9.17, 15) is 14.4 Å². The summed E-state index contributed by atoms with van der Waals surface area (Å²) in [6, 6.07) is 7.29. The molecule has 1 aliphatic carbocycles. The minimum absolute atomic E-state index is 0.241. The van der Waals surface area contributed by atoms with Crippen molar-refractivity contribution in [1.29, 1.82) is 0 Å². The van der Waals surface area contributed by atoms with Crippen LogP contribution < -0.4 is 4.74 Å². The number of benzene rings is 1. The van der Waals surface area contributed by atoms with E-state index < -0.39 is 29.7 Å². The average Bonchev–Trinajstić information content (AvgIpc) is 2.76. The van der Waals surface area contributed by atoms with Crippen molar-refractivity contribution >= 4 is 23.4 Å². The van der Waals surface area contributed by atoms with E-state index >= 15 is 0 Å². The van der Waals surface area contributed by atoms with Crippen LogP contribution in [0.2, 0.25) is 0 Å². The molecule has 0 unspecified atom stereocenters. The molecule has 1 fully saturated rings. The van der Waals surface area contributed by atoms with Crippen molar-refractivity contribution in [3.8, 4) is 5.75 Å². The van der Waals surface area contributed by atoms with Crippen molar-refractivity contribution in [1.82, 2.24) is 0 Å². The second-order valence-electron chi connectivity index (χ2n) is 8.02. The van der Waals surface area contributed by atoms with Crippen LogP contribution in [0.25, 0.3) is 0 Å². The van der Waals surface area contributed by atoms with Gasteiger partial charge in [-0.1, -0.05) is 32.0 Å². The van der Waals surface area contributed by atoms with Gasteiger partial charge in [0.25, 0.3) is 0 Å². The zero-order valence-corrected chi connectivity index (χ0v) is 18.6. The number of fused-ring (bicyclic) bond motifs is 1. The number of hydrogen-bond donors (Lipinski definition) is 0. The third kappa shape index (κ3) is 4.13. The van der Waals surface area contributed by atoms with Gasteiger partial charge in [0, 0.05) is 22.9 Å². The first-order valence-electron chi connectivity index (χ1n) is 10.5. The molecule has 7 heteroatoms. The number of ether oxygens (including phenoxy) is 3. The maximum atomic E-state index is 13.6. The molecule has 166 valence electrons. The van der Waals surface area contributed by atoms with Crippen LogP contribution in [-0.2, 0) is 23.9 Å². The van der Waals surface area contributed by atoms with Gasteiger partial charge >= 0.3 is 11.9 Å².